The van der Waals surface area contributed by atoms with Crippen molar-refractivity contribution in [2.75, 3.05) is 12.1 Å². The zero-order chi connectivity index (χ0) is 11.3. The van der Waals surface area contributed by atoms with Crippen LogP contribution in [0.5, 0.6) is 0 Å². The molecule has 1 rings (SSSR count). The van der Waals surface area contributed by atoms with Gasteiger partial charge in [-0.2, -0.15) is 0 Å². The van der Waals surface area contributed by atoms with Gasteiger partial charge >= 0.3 is 5.97 Å². The van der Waals surface area contributed by atoms with Gasteiger partial charge in [0.2, 0.25) is 0 Å². The number of aromatic carboxylic acids is 1. The second-order valence-corrected chi connectivity index (χ2v) is 3.45. The van der Waals surface area contributed by atoms with Gasteiger partial charge in [-0.3, -0.25) is 10.3 Å². The van der Waals surface area contributed by atoms with Gasteiger partial charge in [-0.1, -0.05) is 5.92 Å². The standard InChI is InChI=1S/C10H8BrNO3/c1-2-5-15-12-9-4-3-7(10(13)14)6-8(9)11/h1,3-4,6,12H,5H2,(H,13,14). The molecule has 0 saturated carbocycles. The summed E-state index contributed by atoms with van der Waals surface area (Å²) < 4.78 is 0.597. The molecule has 0 aliphatic rings. The highest BCUT2D eigenvalue weighted by molar-refractivity contribution is 9.10. The summed E-state index contributed by atoms with van der Waals surface area (Å²) in [5.74, 6) is 1.31. The lowest BCUT2D eigenvalue weighted by Gasteiger charge is -2.07. The summed E-state index contributed by atoms with van der Waals surface area (Å²) in [6.45, 7) is 0.132. The first-order valence-corrected chi connectivity index (χ1v) is 4.78. The fourth-order valence-electron chi connectivity index (χ4n) is 0.886. The quantitative estimate of drug-likeness (QED) is 0.500. The van der Waals surface area contributed by atoms with Crippen molar-refractivity contribution in [3.63, 3.8) is 0 Å². The summed E-state index contributed by atoms with van der Waals surface area (Å²) >= 11 is 3.21. The molecule has 0 aromatic heterocycles. The second kappa shape index (κ2) is 5.39. The van der Waals surface area contributed by atoms with Gasteiger partial charge in [-0.25, -0.2) is 4.79 Å². The highest BCUT2D eigenvalue weighted by Crippen LogP contribution is 2.23. The minimum absolute atomic E-state index is 0.132. The summed E-state index contributed by atoms with van der Waals surface area (Å²) in [6.07, 6.45) is 4.99. The molecule has 78 valence electrons. The van der Waals surface area contributed by atoms with E-state index in [0.717, 1.165) is 0 Å². The predicted molar refractivity (Wildman–Crippen MR) is 59.5 cm³/mol. The monoisotopic (exact) mass is 269 g/mol. The number of hydrogen-bond acceptors (Lipinski definition) is 3. The number of nitrogens with one attached hydrogen (secondary N) is 1. The second-order valence-electron chi connectivity index (χ2n) is 2.59. The Hall–Kier alpha value is -1.51. The minimum atomic E-state index is -0.980. The van der Waals surface area contributed by atoms with Crippen molar-refractivity contribution >= 4 is 27.6 Å². The van der Waals surface area contributed by atoms with Crippen LogP contribution >= 0.6 is 15.9 Å². The Morgan fingerprint density at radius 3 is 2.93 bits per heavy atom. The van der Waals surface area contributed by atoms with Crippen LogP contribution in [0.2, 0.25) is 0 Å². The Kier molecular flexibility index (Phi) is 4.16. The molecule has 0 bridgehead atoms. The van der Waals surface area contributed by atoms with Crippen LogP contribution in [-0.2, 0) is 4.84 Å². The molecule has 0 amide bonds. The third-order valence-corrected chi connectivity index (χ3v) is 2.21. The molecule has 1 aromatic carbocycles. The predicted octanol–water partition coefficient (Wildman–Crippen LogP) is 2.12. The first-order valence-electron chi connectivity index (χ1n) is 3.99. The van der Waals surface area contributed by atoms with Gasteiger partial charge in [-0.05, 0) is 34.1 Å². The van der Waals surface area contributed by atoms with Gasteiger partial charge in [0.15, 0.2) is 0 Å². The van der Waals surface area contributed by atoms with Gasteiger partial charge in [0.1, 0.15) is 6.61 Å². The van der Waals surface area contributed by atoms with Gasteiger partial charge in [0.05, 0.1) is 11.3 Å². The first-order chi connectivity index (χ1) is 7.15. The van der Waals surface area contributed by atoms with E-state index in [-0.39, 0.29) is 12.2 Å². The van der Waals surface area contributed by atoms with Crippen molar-refractivity contribution in [1.82, 2.24) is 0 Å². The van der Waals surface area contributed by atoms with E-state index < -0.39 is 5.97 Å². The van der Waals surface area contributed by atoms with E-state index in [4.69, 9.17) is 16.4 Å². The van der Waals surface area contributed by atoms with Crippen LogP contribution < -0.4 is 5.48 Å². The van der Waals surface area contributed by atoms with E-state index >= 15 is 0 Å². The number of carboxylic acid groups (broad SMARTS) is 1. The van der Waals surface area contributed by atoms with Crippen LogP contribution in [0.25, 0.3) is 0 Å². The third-order valence-electron chi connectivity index (χ3n) is 1.55. The van der Waals surface area contributed by atoms with Crippen molar-refractivity contribution in [2.24, 2.45) is 0 Å². The average Bonchev–Trinajstić information content (AvgIpc) is 2.20. The van der Waals surface area contributed by atoms with Gasteiger partial charge in [0.25, 0.3) is 0 Å². The van der Waals surface area contributed by atoms with Crippen LogP contribution in [0.3, 0.4) is 0 Å². The van der Waals surface area contributed by atoms with Crippen molar-refractivity contribution in [3.05, 3.63) is 28.2 Å². The highest BCUT2D eigenvalue weighted by Gasteiger charge is 2.06. The zero-order valence-corrected chi connectivity index (χ0v) is 9.24. The lowest BCUT2D eigenvalue weighted by atomic mass is 10.2. The molecular weight excluding hydrogens is 262 g/mol. The van der Waals surface area contributed by atoms with Gasteiger partial charge in [0, 0.05) is 4.47 Å². The van der Waals surface area contributed by atoms with E-state index in [0.29, 0.717) is 10.2 Å². The lowest BCUT2D eigenvalue weighted by molar-refractivity contribution is 0.0697. The smallest absolute Gasteiger partial charge is 0.335 e. The number of rotatable bonds is 4. The SMILES string of the molecule is C#CCONc1ccc(C(=O)O)cc1Br. The fourth-order valence-corrected chi connectivity index (χ4v) is 1.35. The summed E-state index contributed by atoms with van der Waals surface area (Å²) in [6, 6.07) is 4.53. The largest absolute Gasteiger partial charge is 0.478 e. The summed E-state index contributed by atoms with van der Waals surface area (Å²) in [5, 5.41) is 8.72. The Morgan fingerprint density at radius 1 is 1.67 bits per heavy atom. The summed E-state index contributed by atoms with van der Waals surface area (Å²) in [7, 11) is 0. The molecule has 0 unspecified atom stereocenters. The molecular formula is C10H8BrNO3. The maximum atomic E-state index is 10.6. The Morgan fingerprint density at radius 2 is 2.40 bits per heavy atom. The number of terminal acetylenes is 1. The molecule has 0 saturated heterocycles. The molecule has 0 radical (unpaired) electrons. The maximum Gasteiger partial charge on any atom is 0.335 e. The van der Waals surface area contributed by atoms with Gasteiger partial charge in [-0.15, -0.1) is 6.42 Å². The van der Waals surface area contributed by atoms with Crippen molar-refractivity contribution in [1.29, 1.82) is 0 Å². The third kappa shape index (κ3) is 3.27. The maximum absolute atomic E-state index is 10.6. The van der Waals surface area contributed by atoms with Crippen molar-refractivity contribution in [3.8, 4) is 12.3 Å². The van der Waals surface area contributed by atoms with Crippen molar-refractivity contribution in [2.45, 2.75) is 0 Å². The number of halogens is 1. The van der Waals surface area contributed by atoms with Crippen LogP contribution in [0.4, 0.5) is 5.69 Å². The van der Waals surface area contributed by atoms with Gasteiger partial charge < -0.3 is 5.11 Å². The van der Waals surface area contributed by atoms with E-state index in [9.17, 15) is 4.79 Å². The van der Waals surface area contributed by atoms with Crippen LogP contribution in [0.15, 0.2) is 22.7 Å². The molecule has 2 N–H and O–H groups in total. The average molecular weight is 270 g/mol. The normalized spacial score (nSPS) is 9.33. The number of carboxylic acids is 1. The molecule has 0 heterocycles. The summed E-state index contributed by atoms with van der Waals surface area (Å²) in [5.41, 5.74) is 3.42. The molecule has 0 aliphatic carbocycles. The molecule has 0 atom stereocenters. The van der Waals surface area contributed by atoms with E-state index in [2.05, 4.69) is 27.3 Å². The number of anilines is 1. The molecule has 0 fully saturated rings. The molecule has 5 heteroatoms. The number of carbonyl (C=O) groups is 1. The van der Waals surface area contributed by atoms with E-state index in [1.807, 2.05) is 0 Å². The van der Waals surface area contributed by atoms with Crippen LogP contribution in [0, 0.1) is 12.3 Å². The van der Waals surface area contributed by atoms with E-state index in [1.165, 1.54) is 12.1 Å². The lowest BCUT2D eigenvalue weighted by Crippen LogP contribution is -2.03. The van der Waals surface area contributed by atoms with Crippen molar-refractivity contribution < 1.29 is 14.7 Å². The Balaban J connectivity index is 2.76. The number of benzene rings is 1. The van der Waals surface area contributed by atoms with Crippen LogP contribution in [-0.4, -0.2) is 17.7 Å². The molecule has 0 spiro atoms. The van der Waals surface area contributed by atoms with E-state index in [1.54, 1.807) is 6.07 Å². The first kappa shape index (κ1) is 11.6. The number of hydrogen-bond donors (Lipinski definition) is 2. The zero-order valence-electron chi connectivity index (χ0n) is 7.66. The molecule has 0 aliphatic heterocycles. The fraction of sp³-hybridized carbons (Fsp3) is 0.100. The topological polar surface area (TPSA) is 58.6 Å². The summed E-state index contributed by atoms with van der Waals surface area (Å²) in [4.78, 5) is 15.5. The van der Waals surface area contributed by atoms with Crippen LogP contribution in [0.1, 0.15) is 10.4 Å². The highest BCUT2D eigenvalue weighted by atomic mass is 79.9. The molecule has 1 aromatic rings. The molecule has 4 nitrogen and oxygen atoms in total. The molecule has 15 heavy (non-hydrogen) atoms. The Bertz CT molecular complexity index is 412. The Labute approximate surface area is 95.3 Å². The minimum Gasteiger partial charge on any atom is -0.478 e.